The molecule has 0 spiro atoms. The molecular formula is C19H27N. The number of hydrogen-bond donors (Lipinski definition) is 0. The summed E-state index contributed by atoms with van der Waals surface area (Å²) in [6, 6.07) is 2.48. The van der Waals surface area contributed by atoms with Crippen molar-refractivity contribution in [2.24, 2.45) is 35.0 Å². The van der Waals surface area contributed by atoms with Crippen molar-refractivity contribution in [3.8, 4) is 6.07 Å². The number of hydrogen-bond acceptors (Lipinski definition) is 1. The molecule has 0 aromatic rings. The van der Waals surface area contributed by atoms with Crippen LogP contribution in [0.1, 0.15) is 64.7 Å². The van der Waals surface area contributed by atoms with Crippen LogP contribution in [-0.4, -0.2) is 0 Å². The minimum atomic E-state index is 0.220. The van der Waals surface area contributed by atoms with Crippen molar-refractivity contribution in [2.75, 3.05) is 0 Å². The lowest BCUT2D eigenvalue weighted by molar-refractivity contribution is -0.00187. The maximum atomic E-state index is 9.18. The van der Waals surface area contributed by atoms with E-state index in [2.05, 4.69) is 19.1 Å². The van der Waals surface area contributed by atoms with Crippen LogP contribution in [0.15, 0.2) is 11.6 Å². The zero-order chi connectivity index (χ0) is 13.7. The Morgan fingerprint density at radius 3 is 2.85 bits per heavy atom. The molecule has 0 radical (unpaired) electrons. The standard InChI is InChI=1S/C19H27N/c1-19-9-2-3-18(19)17-7-5-14-11-13(12-20)4-6-15(14)16(17)8-10-19/h11,13,15-18H,2-10H2,1H3/t13?,15-,16+,17+,18-,19-/m0/s1. The molecule has 3 saturated carbocycles. The third kappa shape index (κ3) is 1.80. The first kappa shape index (κ1) is 12.9. The van der Waals surface area contributed by atoms with E-state index in [1.165, 1.54) is 51.4 Å². The predicted octanol–water partition coefficient (Wildman–Crippen LogP) is 5.09. The zero-order valence-electron chi connectivity index (χ0n) is 12.8. The van der Waals surface area contributed by atoms with Crippen LogP contribution in [0.2, 0.25) is 0 Å². The highest BCUT2D eigenvalue weighted by molar-refractivity contribution is 5.21. The first-order chi connectivity index (χ1) is 9.71. The summed E-state index contributed by atoms with van der Waals surface area (Å²) in [6.45, 7) is 2.58. The van der Waals surface area contributed by atoms with E-state index < -0.39 is 0 Å². The second-order valence-corrected chi connectivity index (χ2v) is 8.22. The van der Waals surface area contributed by atoms with Crippen molar-refractivity contribution in [2.45, 2.75) is 64.7 Å². The van der Waals surface area contributed by atoms with Gasteiger partial charge < -0.3 is 0 Å². The predicted molar refractivity (Wildman–Crippen MR) is 80.8 cm³/mol. The van der Waals surface area contributed by atoms with Gasteiger partial charge in [0, 0.05) is 0 Å². The zero-order valence-corrected chi connectivity index (χ0v) is 12.8. The van der Waals surface area contributed by atoms with Gasteiger partial charge in [0.1, 0.15) is 0 Å². The Morgan fingerprint density at radius 1 is 1.10 bits per heavy atom. The molecule has 4 aliphatic rings. The fourth-order valence-corrected chi connectivity index (χ4v) is 6.43. The van der Waals surface area contributed by atoms with Gasteiger partial charge in [0.2, 0.25) is 0 Å². The van der Waals surface area contributed by atoms with Crippen LogP contribution >= 0.6 is 0 Å². The van der Waals surface area contributed by atoms with Gasteiger partial charge in [0.15, 0.2) is 0 Å². The number of nitrogens with zero attached hydrogens (tertiary/aromatic N) is 1. The largest absolute Gasteiger partial charge is 0.198 e. The molecule has 0 amide bonds. The fourth-order valence-electron chi connectivity index (χ4n) is 6.43. The van der Waals surface area contributed by atoms with E-state index in [1.54, 1.807) is 5.57 Å². The Morgan fingerprint density at radius 2 is 2.00 bits per heavy atom. The molecule has 1 heteroatoms. The second-order valence-electron chi connectivity index (χ2n) is 8.22. The van der Waals surface area contributed by atoms with E-state index >= 15 is 0 Å². The molecule has 1 unspecified atom stereocenters. The maximum Gasteiger partial charge on any atom is 0.0697 e. The molecule has 0 N–H and O–H groups in total. The molecule has 20 heavy (non-hydrogen) atoms. The smallest absolute Gasteiger partial charge is 0.0697 e. The topological polar surface area (TPSA) is 23.8 Å². The highest BCUT2D eigenvalue weighted by atomic mass is 14.6. The average Bonchev–Trinajstić information content (AvgIpc) is 2.88. The SMILES string of the molecule is C[C@@]12CCC[C@H]1[C@@H]1CCC3=CC(C#N)CC[C@@H]3[C@H]1CC2. The molecule has 4 rings (SSSR count). The normalized spacial score (nSPS) is 50.4. The van der Waals surface area contributed by atoms with Crippen LogP contribution in [-0.2, 0) is 0 Å². The van der Waals surface area contributed by atoms with Crippen molar-refractivity contribution >= 4 is 0 Å². The highest BCUT2D eigenvalue weighted by Gasteiger charge is 2.52. The third-order valence-corrected chi connectivity index (χ3v) is 7.40. The Balaban J connectivity index is 1.60. The lowest BCUT2D eigenvalue weighted by Gasteiger charge is -2.53. The van der Waals surface area contributed by atoms with E-state index in [0.29, 0.717) is 5.41 Å². The minimum Gasteiger partial charge on any atom is -0.198 e. The van der Waals surface area contributed by atoms with Crippen molar-refractivity contribution in [3.05, 3.63) is 11.6 Å². The monoisotopic (exact) mass is 269 g/mol. The number of rotatable bonds is 0. The maximum absolute atomic E-state index is 9.18. The number of nitriles is 1. The minimum absolute atomic E-state index is 0.220. The quantitative estimate of drug-likeness (QED) is 0.562. The molecule has 3 fully saturated rings. The summed E-state index contributed by atoms with van der Waals surface area (Å²) in [5.41, 5.74) is 2.36. The molecule has 1 nitrogen and oxygen atoms in total. The van der Waals surface area contributed by atoms with Gasteiger partial charge >= 0.3 is 0 Å². The fraction of sp³-hybridized carbons (Fsp3) is 0.842. The summed E-state index contributed by atoms with van der Waals surface area (Å²) in [5.74, 6) is 4.07. The summed E-state index contributed by atoms with van der Waals surface area (Å²) in [5, 5.41) is 9.18. The molecule has 6 atom stereocenters. The summed E-state index contributed by atoms with van der Waals surface area (Å²) in [7, 11) is 0. The van der Waals surface area contributed by atoms with Crippen molar-refractivity contribution in [3.63, 3.8) is 0 Å². The Bertz CT molecular complexity index is 471. The molecule has 0 aromatic heterocycles. The molecule has 0 bridgehead atoms. The van der Waals surface area contributed by atoms with Gasteiger partial charge in [-0.3, -0.25) is 0 Å². The van der Waals surface area contributed by atoms with Crippen LogP contribution in [0, 0.1) is 46.3 Å². The van der Waals surface area contributed by atoms with Crippen LogP contribution in [0.5, 0.6) is 0 Å². The molecule has 108 valence electrons. The van der Waals surface area contributed by atoms with Gasteiger partial charge in [-0.25, -0.2) is 0 Å². The molecular weight excluding hydrogens is 242 g/mol. The van der Waals surface area contributed by atoms with Crippen LogP contribution in [0.3, 0.4) is 0 Å². The van der Waals surface area contributed by atoms with Crippen LogP contribution in [0.25, 0.3) is 0 Å². The Labute approximate surface area is 123 Å². The van der Waals surface area contributed by atoms with E-state index in [-0.39, 0.29) is 5.92 Å². The number of fused-ring (bicyclic) bond motifs is 5. The Hall–Kier alpha value is -0.770. The van der Waals surface area contributed by atoms with Gasteiger partial charge in [-0.05, 0) is 80.5 Å². The summed E-state index contributed by atoms with van der Waals surface area (Å²) in [4.78, 5) is 0. The molecule has 4 aliphatic carbocycles. The number of allylic oxidation sites excluding steroid dienone is 2. The van der Waals surface area contributed by atoms with Crippen LogP contribution < -0.4 is 0 Å². The van der Waals surface area contributed by atoms with Crippen molar-refractivity contribution in [1.29, 1.82) is 5.26 Å². The average molecular weight is 269 g/mol. The van der Waals surface area contributed by atoms with Crippen LogP contribution in [0.4, 0.5) is 0 Å². The lowest BCUT2D eigenvalue weighted by Crippen LogP contribution is -2.44. The molecule has 0 heterocycles. The van der Waals surface area contributed by atoms with Crippen molar-refractivity contribution in [1.82, 2.24) is 0 Å². The van der Waals surface area contributed by atoms with E-state index in [4.69, 9.17) is 0 Å². The van der Waals surface area contributed by atoms with Crippen molar-refractivity contribution < 1.29 is 0 Å². The summed E-state index contributed by atoms with van der Waals surface area (Å²) >= 11 is 0. The third-order valence-electron chi connectivity index (χ3n) is 7.40. The summed E-state index contributed by atoms with van der Waals surface area (Å²) < 4.78 is 0. The first-order valence-electron chi connectivity index (χ1n) is 8.81. The van der Waals surface area contributed by atoms with E-state index in [9.17, 15) is 5.26 Å². The van der Waals surface area contributed by atoms with Gasteiger partial charge in [0.25, 0.3) is 0 Å². The molecule has 0 aromatic carbocycles. The lowest BCUT2D eigenvalue weighted by atomic mass is 9.52. The first-order valence-corrected chi connectivity index (χ1v) is 8.81. The molecule has 0 aliphatic heterocycles. The van der Waals surface area contributed by atoms with E-state index in [0.717, 1.165) is 30.1 Å². The van der Waals surface area contributed by atoms with E-state index in [1.807, 2.05) is 0 Å². The summed E-state index contributed by atoms with van der Waals surface area (Å²) in [6.07, 6.45) is 14.9. The van der Waals surface area contributed by atoms with Gasteiger partial charge in [-0.2, -0.15) is 5.26 Å². The van der Waals surface area contributed by atoms with Gasteiger partial charge in [-0.15, -0.1) is 0 Å². The molecule has 0 saturated heterocycles. The second kappa shape index (κ2) is 4.62. The van der Waals surface area contributed by atoms with Gasteiger partial charge in [-0.1, -0.05) is 25.0 Å². The van der Waals surface area contributed by atoms with Gasteiger partial charge in [0.05, 0.1) is 12.0 Å². The Kier molecular flexibility index (Phi) is 2.99. The highest BCUT2D eigenvalue weighted by Crippen LogP contribution is 2.61.